The molecule has 132 valence electrons. The van der Waals surface area contributed by atoms with Gasteiger partial charge in [-0.15, -0.1) is 11.8 Å². The molecule has 0 aromatic heterocycles. The number of carboxylic acid groups (broad SMARTS) is 1. The molecular formula is C18H25NO4S. The lowest BCUT2D eigenvalue weighted by atomic mass is 9.86. The Morgan fingerprint density at radius 1 is 1.29 bits per heavy atom. The number of thioether (sulfide) groups is 1. The van der Waals surface area contributed by atoms with Gasteiger partial charge in [0.15, 0.2) is 0 Å². The van der Waals surface area contributed by atoms with Gasteiger partial charge in [0.1, 0.15) is 0 Å². The van der Waals surface area contributed by atoms with E-state index in [1.54, 1.807) is 11.8 Å². The van der Waals surface area contributed by atoms with Crippen LogP contribution in [0.4, 0.5) is 0 Å². The third-order valence-corrected chi connectivity index (χ3v) is 5.57. The van der Waals surface area contributed by atoms with E-state index in [1.165, 1.54) is 5.56 Å². The number of benzene rings is 1. The molecule has 2 unspecified atom stereocenters. The average Bonchev–Trinajstić information content (AvgIpc) is 2.61. The van der Waals surface area contributed by atoms with E-state index in [4.69, 9.17) is 4.74 Å². The Balaban J connectivity index is 1.78. The fourth-order valence-electron chi connectivity index (χ4n) is 2.80. The fraction of sp³-hybridized carbons (Fsp3) is 0.556. The molecule has 1 heterocycles. The van der Waals surface area contributed by atoms with E-state index in [0.29, 0.717) is 13.2 Å². The van der Waals surface area contributed by atoms with Crippen molar-refractivity contribution in [3.8, 4) is 0 Å². The molecule has 5 nitrogen and oxygen atoms in total. The Morgan fingerprint density at radius 3 is 2.58 bits per heavy atom. The molecule has 6 heteroatoms. The minimum Gasteiger partial charge on any atom is -0.481 e. The smallest absolute Gasteiger partial charge is 0.308 e. The van der Waals surface area contributed by atoms with Crippen molar-refractivity contribution in [1.82, 2.24) is 5.32 Å². The number of nitrogens with one attached hydrogen (secondary N) is 1. The van der Waals surface area contributed by atoms with Gasteiger partial charge in [0.25, 0.3) is 0 Å². The van der Waals surface area contributed by atoms with Crippen LogP contribution in [0, 0.1) is 11.8 Å². The molecule has 1 saturated heterocycles. The summed E-state index contributed by atoms with van der Waals surface area (Å²) in [6.45, 7) is 3.25. The first-order valence-electron chi connectivity index (χ1n) is 8.31. The molecule has 0 saturated carbocycles. The standard InChI is InChI=1S/C18H25NO4S/c1-13(24-12-14-5-3-2-4-6-14)17(20)19-11-16(18(21)22)15-7-9-23-10-8-15/h2-6,13,15-16H,7-12H2,1H3,(H,19,20)(H,21,22). The number of amides is 1. The third kappa shape index (κ3) is 5.83. The maximum atomic E-state index is 12.2. The molecule has 1 fully saturated rings. The monoisotopic (exact) mass is 351 g/mol. The lowest BCUT2D eigenvalue weighted by molar-refractivity contribution is -0.144. The van der Waals surface area contributed by atoms with Crippen LogP contribution < -0.4 is 5.32 Å². The zero-order valence-corrected chi connectivity index (χ0v) is 14.8. The van der Waals surface area contributed by atoms with E-state index in [9.17, 15) is 14.7 Å². The lowest BCUT2D eigenvalue weighted by Gasteiger charge is -2.28. The third-order valence-electron chi connectivity index (χ3n) is 4.36. The molecule has 0 radical (unpaired) electrons. The SMILES string of the molecule is CC(SCc1ccccc1)C(=O)NCC(C(=O)O)C1CCOCC1. The molecule has 1 aromatic carbocycles. The highest BCUT2D eigenvalue weighted by molar-refractivity contribution is 7.99. The zero-order valence-electron chi connectivity index (χ0n) is 13.9. The first kappa shape index (κ1) is 18.8. The van der Waals surface area contributed by atoms with Crippen LogP contribution in [0.1, 0.15) is 25.3 Å². The maximum Gasteiger partial charge on any atom is 0.308 e. The Morgan fingerprint density at radius 2 is 1.96 bits per heavy atom. The van der Waals surface area contributed by atoms with Crippen molar-refractivity contribution in [3.05, 3.63) is 35.9 Å². The van der Waals surface area contributed by atoms with Crippen LogP contribution in [0.25, 0.3) is 0 Å². The van der Waals surface area contributed by atoms with Gasteiger partial charge in [-0.25, -0.2) is 0 Å². The van der Waals surface area contributed by atoms with E-state index in [0.717, 1.165) is 18.6 Å². The highest BCUT2D eigenvalue weighted by Crippen LogP contribution is 2.24. The highest BCUT2D eigenvalue weighted by atomic mass is 32.2. The van der Waals surface area contributed by atoms with Crippen LogP contribution in [0.2, 0.25) is 0 Å². The molecule has 2 atom stereocenters. The topological polar surface area (TPSA) is 75.6 Å². The summed E-state index contributed by atoms with van der Waals surface area (Å²) in [6, 6.07) is 9.98. The van der Waals surface area contributed by atoms with Crippen molar-refractivity contribution in [2.75, 3.05) is 19.8 Å². The number of carboxylic acids is 1. The largest absolute Gasteiger partial charge is 0.481 e. The van der Waals surface area contributed by atoms with Crippen LogP contribution in [0.3, 0.4) is 0 Å². The number of aliphatic carboxylic acids is 1. The summed E-state index contributed by atoms with van der Waals surface area (Å²) in [5, 5.41) is 12.0. The maximum absolute atomic E-state index is 12.2. The zero-order chi connectivity index (χ0) is 17.4. The molecule has 1 aromatic rings. The van der Waals surface area contributed by atoms with Gasteiger partial charge in [-0.1, -0.05) is 30.3 Å². The van der Waals surface area contributed by atoms with Gasteiger partial charge < -0.3 is 15.2 Å². The van der Waals surface area contributed by atoms with Crippen molar-refractivity contribution in [2.24, 2.45) is 11.8 Å². The molecule has 1 aliphatic heterocycles. The van der Waals surface area contributed by atoms with Crippen molar-refractivity contribution < 1.29 is 19.4 Å². The predicted octanol–water partition coefficient (Wildman–Crippen LogP) is 2.55. The van der Waals surface area contributed by atoms with E-state index in [2.05, 4.69) is 5.32 Å². The van der Waals surface area contributed by atoms with Crippen LogP contribution >= 0.6 is 11.8 Å². The Bertz CT molecular complexity index is 531. The Kier molecular flexibility index (Phi) is 7.59. The summed E-state index contributed by atoms with van der Waals surface area (Å²) in [6.07, 6.45) is 1.48. The average molecular weight is 351 g/mol. The van der Waals surface area contributed by atoms with Gasteiger partial charge in [-0.05, 0) is 31.2 Å². The van der Waals surface area contributed by atoms with Crippen molar-refractivity contribution in [3.63, 3.8) is 0 Å². The van der Waals surface area contributed by atoms with E-state index >= 15 is 0 Å². The molecular weight excluding hydrogens is 326 g/mol. The molecule has 1 aliphatic rings. The highest BCUT2D eigenvalue weighted by Gasteiger charge is 2.30. The number of hydrogen-bond acceptors (Lipinski definition) is 4. The van der Waals surface area contributed by atoms with Gasteiger partial charge in [-0.3, -0.25) is 9.59 Å². The molecule has 0 bridgehead atoms. The Labute approximate surface area is 147 Å². The minimum atomic E-state index is -0.841. The van der Waals surface area contributed by atoms with Crippen LogP contribution in [-0.2, 0) is 20.1 Å². The second-order valence-electron chi connectivity index (χ2n) is 6.08. The van der Waals surface area contributed by atoms with Crippen molar-refractivity contribution in [2.45, 2.75) is 30.8 Å². The van der Waals surface area contributed by atoms with Crippen molar-refractivity contribution in [1.29, 1.82) is 0 Å². The summed E-state index contributed by atoms with van der Waals surface area (Å²) in [7, 11) is 0. The summed E-state index contributed by atoms with van der Waals surface area (Å²) in [5.41, 5.74) is 1.17. The molecule has 2 N–H and O–H groups in total. The first-order chi connectivity index (χ1) is 11.6. The normalized spacial score (nSPS) is 17.9. The number of ether oxygens (including phenoxy) is 1. The second kappa shape index (κ2) is 9.69. The molecule has 1 amide bonds. The van der Waals surface area contributed by atoms with Gasteiger partial charge >= 0.3 is 5.97 Å². The summed E-state index contributed by atoms with van der Waals surface area (Å²) in [5.74, 6) is -0.647. The summed E-state index contributed by atoms with van der Waals surface area (Å²) in [4.78, 5) is 23.7. The quantitative estimate of drug-likeness (QED) is 0.753. The predicted molar refractivity (Wildman–Crippen MR) is 94.9 cm³/mol. The van der Waals surface area contributed by atoms with Crippen LogP contribution in [0.5, 0.6) is 0 Å². The summed E-state index contributed by atoms with van der Waals surface area (Å²) >= 11 is 1.55. The lowest BCUT2D eigenvalue weighted by Crippen LogP contribution is -2.41. The number of rotatable bonds is 8. The minimum absolute atomic E-state index is 0.0730. The second-order valence-corrected chi connectivity index (χ2v) is 7.41. The molecule has 24 heavy (non-hydrogen) atoms. The molecule has 0 aliphatic carbocycles. The first-order valence-corrected chi connectivity index (χ1v) is 9.36. The Hall–Kier alpha value is -1.53. The van der Waals surface area contributed by atoms with Crippen LogP contribution in [0.15, 0.2) is 30.3 Å². The van der Waals surface area contributed by atoms with Gasteiger partial charge in [0.2, 0.25) is 5.91 Å². The van der Waals surface area contributed by atoms with E-state index in [1.807, 2.05) is 37.3 Å². The van der Waals surface area contributed by atoms with Crippen LogP contribution in [-0.4, -0.2) is 42.0 Å². The van der Waals surface area contributed by atoms with Gasteiger partial charge in [-0.2, -0.15) is 0 Å². The molecule has 2 rings (SSSR count). The fourth-order valence-corrected chi connectivity index (χ4v) is 3.67. The summed E-state index contributed by atoms with van der Waals surface area (Å²) < 4.78 is 5.28. The number of carbonyl (C=O) groups excluding carboxylic acids is 1. The van der Waals surface area contributed by atoms with E-state index in [-0.39, 0.29) is 23.6 Å². The van der Waals surface area contributed by atoms with Gasteiger partial charge in [0.05, 0.1) is 11.2 Å². The molecule has 0 spiro atoms. The number of carbonyl (C=O) groups is 2. The van der Waals surface area contributed by atoms with E-state index < -0.39 is 11.9 Å². The van der Waals surface area contributed by atoms with Crippen molar-refractivity contribution >= 4 is 23.6 Å². The van der Waals surface area contributed by atoms with Gasteiger partial charge in [0, 0.05) is 25.5 Å². The number of hydrogen-bond donors (Lipinski definition) is 2.